The second kappa shape index (κ2) is 7.58. The SMILES string of the molecule is Cc1cc(Nc2ncc(C3CCCCN3C=O)c3c(C)cccc23)ccc1F. The van der Waals surface area contributed by atoms with Gasteiger partial charge in [0.1, 0.15) is 11.6 Å². The Kier molecular flexibility index (Phi) is 4.99. The number of carbonyl (C=O) groups is 1. The number of amides is 1. The normalized spacial score (nSPS) is 17.0. The average Bonchev–Trinajstić information content (AvgIpc) is 2.71. The Morgan fingerprint density at radius 2 is 2.04 bits per heavy atom. The molecule has 4 rings (SSSR count). The molecule has 2 heterocycles. The van der Waals surface area contributed by atoms with E-state index >= 15 is 0 Å². The first-order valence-corrected chi connectivity index (χ1v) is 9.71. The van der Waals surface area contributed by atoms with Crippen LogP contribution in [0.15, 0.2) is 42.6 Å². The monoisotopic (exact) mass is 377 g/mol. The molecule has 1 saturated heterocycles. The summed E-state index contributed by atoms with van der Waals surface area (Å²) in [7, 11) is 0. The van der Waals surface area contributed by atoms with Gasteiger partial charge in [0.2, 0.25) is 6.41 Å². The summed E-state index contributed by atoms with van der Waals surface area (Å²) >= 11 is 0. The molecule has 0 aliphatic carbocycles. The Hall–Kier alpha value is -2.95. The molecule has 1 aliphatic rings. The van der Waals surface area contributed by atoms with Gasteiger partial charge in [0.05, 0.1) is 6.04 Å². The van der Waals surface area contributed by atoms with Crippen molar-refractivity contribution in [2.45, 2.75) is 39.2 Å². The number of pyridine rings is 1. The molecule has 0 saturated carbocycles. The quantitative estimate of drug-likeness (QED) is 0.618. The van der Waals surface area contributed by atoms with Crippen LogP contribution in [0.1, 0.15) is 42.0 Å². The highest BCUT2D eigenvalue weighted by Crippen LogP contribution is 2.37. The summed E-state index contributed by atoms with van der Waals surface area (Å²) in [6.07, 6.45) is 5.95. The van der Waals surface area contributed by atoms with Gasteiger partial charge >= 0.3 is 0 Å². The first-order chi connectivity index (χ1) is 13.6. The van der Waals surface area contributed by atoms with Crippen molar-refractivity contribution < 1.29 is 9.18 Å². The summed E-state index contributed by atoms with van der Waals surface area (Å²) in [6, 6.07) is 11.2. The van der Waals surface area contributed by atoms with Gasteiger partial charge in [-0.15, -0.1) is 0 Å². The molecule has 3 aromatic rings. The van der Waals surface area contributed by atoms with E-state index < -0.39 is 0 Å². The predicted molar refractivity (Wildman–Crippen MR) is 110 cm³/mol. The van der Waals surface area contributed by atoms with Crippen molar-refractivity contribution in [3.8, 4) is 0 Å². The number of benzene rings is 2. The Balaban J connectivity index is 1.81. The number of likely N-dealkylation sites (tertiary alicyclic amines) is 1. The van der Waals surface area contributed by atoms with Crippen LogP contribution in [0.2, 0.25) is 0 Å². The number of hydrogen-bond acceptors (Lipinski definition) is 3. The third-order valence-electron chi connectivity index (χ3n) is 5.61. The third-order valence-corrected chi connectivity index (χ3v) is 5.61. The molecule has 28 heavy (non-hydrogen) atoms. The van der Waals surface area contributed by atoms with Crippen LogP contribution in [0.25, 0.3) is 10.8 Å². The Morgan fingerprint density at radius 3 is 2.82 bits per heavy atom. The average molecular weight is 377 g/mol. The molecule has 1 fully saturated rings. The molecule has 1 aliphatic heterocycles. The van der Waals surface area contributed by atoms with Crippen LogP contribution in [0.5, 0.6) is 0 Å². The molecule has 1 amide bonds. The summed E-state index contributed by atoms with van der Waals surface area (Å²) in [6.45, 7) is 4.62. The summed E-state index contributed by atoms with van der Waals surface area (Å²) in [5.41, 5.74) is 3.64. The van der Waals surface area contributed by atoms with Crippen molar-refractivity contribution >= 4 is 28.7 Å². The molecular weight excluding hydrogens is 353 g/mol. The fourth-order valence-electron chi connectivity index (χ4n) is 4.14. The zero-order valence-corrected chi connectivity index (χ0v) is 16.2. The van der Waals surface area contributed by atoms with Crippen molar-refractivity contribution in [3.63, 3.8) is 0 Å². The summed E-state index contributed by atoms with van der Waals surface area (Å²) < 4.78 is 13.6. The number of halogens is 1. The van der Waals surface area contributed by atoms with E-state index in [9.17, 15) is 9.18 Å². The van der Waals surface area contributed by atoms with Crippen molar-refractivity contribution in [2.75, 3.05) is 11.9 Å². The summed E-state index contributed by atoms with van der Waals surface area (Å²) in [5.74, 6) is 0.516. The summed E-state index contributed by atoms with van der Waals surface area (Å²) in [4.78, 5) is 18.2. The lowest BCUT2D eigenvalue weighted by Gasteiger charge is -2.34. The first-order valence-electron chi connectivity index (χ1n) is 9.71. The molecule has 0 radical (unpaired) electrons. The number of nitrogens with one attached hydrogen (secondary N) is 1. The molecule has 4 nitrogen and oxygen atoms in total. The lowest BCUT2D eigenvalue weighted by atomic mass is 9.91. The molecule has 5 heteroatoms. The van der Waals surface area contributed by atoms with Crippen LogP contribution in [0, 0.1) is 19.7 Å². The van der Waals surface area contributed by atoms with E-state index in [0.29, 0.717) is 5.56 Å². The highest BCUT2D eigenvalue weighted by atomic mass is 19.1. The molecule has 1 N–H and O–H groups in total. The van der Waals surface area contributed by atoms with Gasteiger partial charge < -0.3 is 10.2 Å². The standard InChI is InChI=1S/C23H24FN3O/c1-15-6-5-7-18-22(15)19(21-8-3-4-11-27(21)14-28)13-25-23(18)26-17-9-10-20(24)16(2)12-17/h5-7,9-10,12-14,21H,3-4,8,11H2,1-2H3,(H,25,26). The number of carbonyl (C=O) groups excluding carboxylic acids is 1. The topological polar surface area (TPSA) is 45.2 Å². The van der Waals surface area contributed by atoms with Crippen molar-refractivity contribution in [2.24, 2.45) is 0 Å². The van der Waals surface area contributed by atoms with E-state index in [0.717, 1.165) is 65.6 Å². The van der Waals surface area contributed by atoms with Gasteiger partial charge in [-0.1, -0.05) is 18.2 Å². The third kappa shape index (κ3) is 3.33. The Labute approximate surface area is 164 Å². The molecule has 144 valence electrons. The van der Waals surface area contributed by atoms with E-state index in [1.165, 1.54) is 6.07 Å². The van der Waals surface area contributed by atoms with Gasteiger partial charge in [-0.05, 0) is 67.8 Å². The summed E-state index contributed by atoms with van der Waals surface area (Å²) in [5, 5.41) is 5.48. The zero-order chi connectivity index (χ0) is 19.7. The van der Waals surface area contributed by atoms with Crippen LogP contribution < -0.4 is 5.32 Å². The molecule has 1 unspecified atom stereocenters. The highest BCUT2D eigenvalue weighted by Gasteiger charge is 2.25. The second-order valence-electron chi connectivity index (χ2n) is 7.50. The lowest BCUT2D eigenvalue weighted by Crippen LogP contribution is -2.32. The number of hydrogen-bond donors (Lipinski definition) is 1. The van der Waals surface area contributed by atoms with Gasteiger partial charge in [0, 0.05) is 29.4 Å². The van der Waals surface area contributed by atoms with Crippen molar-refractivity contribution in [3.05, 3.63) is 65.1 Å². The predicted octanol–water partition coefficient (Wildman–Crippen LogP) is 5.42. The van der Waals surface area contributed by atoms with Crippen LogP contribution in [-0.4, -0.2) is 22.8 Å². The number of nitrogens with zero attached hydrogens (tertiary/aromatic N) is 2. The second-order valence-corrected chi connectivity index (χ2v) is 7.50. The molecule has 2 aromatic carbocycles. The highest BCUT2D eigenvalue weighted by molar-refractivity contribution is 5.97. The molecule has 0 spiro atoms. The molecule has 1 aromatic heterocycles. The minimum atomic E-state index is -0.221. The number of aryl methyl sites for hydroxylation is 2. The van der Waals surface area contributed by atoms with Gasteiger partial charge in [-0.2, -0.15) is 0 Å². The van der Waals surface area contributed by atoms with Gasteiger partial charge in [0.15, 0.2) is 0 Å². The maximum absolute atomic E-state index is 13.6. The lowest BCUT2D eigenvalue weighted by molar-refractivity contribution is -0.121. The van der Waals surface area contributed by atoms with E-state index in [2.05, 4.69) is 18.3 Å². The zero-order valence-electron chi connectivity index (χ0n) is 16.2. The molecule has 1 atom stereocenters. The van der Waals surface area contributed by atoms with Crippen molar-refractivity contribution in [1.82, 2.24) is 9.88 Å². The van der Waals surface area contributed by atoms with Gasteiger partial charge in [0.25, 0.3) is 0 Å². The maximum atomic E-state index is 13.6. The molecular formula is C23H24FN3O. The fraction of sp³-hybridized carbons (Fsp3) is 0.304. The number of aromatic nitrogens is 1. The number of anilines is 2. The van der Waals surface area contributed by atoms with E-state index in [1.54, 1.807) is 19.1 Å². The van der Waals surface area contributed by atoms with E-state index in [-0.39, 0.29) is 11.9 Å². The van der Waals surface area contributed by atoms with Crippen LogP contribution in [-0.2, 0) is 4.79 Å². The smallest absolute Gasteiger partial charge is 0.210 e. The Morgan fingerprint density at radius 1 is 1.18 bits per heavy atom. The van der Waals surface area contributed by atoms with Crippen LogP contribution in [0.3, 0.4) is 0 Å². The van der Waals surface area contributed by atoms with Gasteiger partial charge in [-0.25, -0.2) is 9.37 Å². The van der Waals surface area contributed by atoms with Crippen LogP contribution in [0.4, 0.5) is 15.9 Å². The van der Waals surface area contributed by atoms with E-state index in [1.807, 2.05) is 23.2 Å². The fourth-order valence-corrected chi connectivity index (χ4v) is 4.14. The van der Waals surface area contributed by atoms with Gasteiger partial charge in [-0.3, -0.25) is 4.79 Å². The van der Waals surface area contributed by atoms with Crippen LogP contribution >= 0.6 is 0 Å². The minimum absolute atomic E-state index is 0.0597. The number of piperidine rings is 1. The maximum Gasteiger partial charge on any atom is 0.210 e. The largest absolute Gasteiger partial charge is 0.340 e. The first kappa shape index (κ1) is 18.4. The number of rotatable bonds is 4. The minimum Gasteiger partial charge on any atom is -0.340 e. The Bertz CT molecular complexity index is 1030. The molecule has 0 bridgehead atoms. The van der Waals surface area contributed by atoms with E-state index in [4.69, 9.17) is 4.98 Å². The number of fused-ring (bicyclic) bond motifs is 1. The van der Waals surface area contributed by atoms with Crippen molar-refractivity contribution in [1.29, 1.82) is 0 Å².